The highest BCUT2D eigenvalue weighted by molar-refractivity contribution is 7.94. The summed E-state index contributed by atoms with van der Waals surface area (Å²) in [6, 6.07) is 69.7. The maximum atomic E-state index is 15.3. The molecule has 0 fully saturated rings. The molecule has 0 radical (unpaired) electrons. The Labute approximate surface area is 352 Å². The van der Waals surface area contributed by atoms with Crippen LogP contribution in [0.25, 0.3) is 89.4 Å². The molecular weight excluding hydrogens is 769 g/mol. The molecule has 0 aliphatic carbocycles. The molecule has 0 bridgehead atoms. The van der Waals surface area contributed by atoms with E-state index in [4.69, 9.17) is 19.3 Å². The Bertz CT molecular complexity index is 3570. The molecule has 0 amide bonds. The Hall–Kier alpha value is -7.94. The number of nitrogens with zero attached hydrogens (tertiary/aromatic N) is 6. The summed E-state index contributed by atoms with van der Waals surface area (Å²) in [6.45, 7) is 0. The predicted molar refractivity (Wildman–Crippen MR) is 246 cm³/mol. The van der Waals surface area contributed by atoms with Gasteiger partial charge in [-0.05, 0) is 71.8 Å². The molecule has 0 saturated heterocycles. The minimum atomic E-state index is -3.00. The molecule has 1 aliphatic rings. The lowest BCUT2D eigenvalue weighted by Crippen LogP contribution is -2.08. The summed E-state index contributed by atoms with van der Waals surface area (Å²) >= 11 is 0. The van der Waals surface area contributed by atoms with Crippen LogP contribution in [0, 0.1) is 0 Å². The zero-order chi connectivity index (χ0) is 40.5. The summed E-state index contributed by atoms with van der Waals surface area (Å²) in [7, 11) is -3.00. The number of benzene rings is 8. The van der Waals surface area contributed by atoms with Crippen LogP contribution in [0.1, 0.15) is 0 Å². The molecule has 3 aromatic heterocycles. The lowest BCUT2D eigenvalue weighted by molar-refractivity contribution is 0.676. The topological polar surface area (TPSA) is 78.0 Å². The van der Waals surface area contributed by atoms with Gasteiger partial charge in [-0.25, -0.2) is 9.19 Å². The fourth-order valence-electron chi connectivity index (χ4n) is 8.78. The van der Waals surface area contributed by atoms with Crippen LogP contribution in [0.4, 0.5) is 5.82 Å². The Morgan fingerprint density at radius 1 is 0.410 bits per heavy atom. The molecule has 0 spiro atoms. The second-order valence-electron chi connectivity index (χ2n) is 15.1. The monoisotopic (exact) mass is 802 g/mol. The molecule has 0 saturated carbocycles. The first-order chi connectivity index (χ1) is 30.1. The summed E-state index contributed by atoms with van der Waals surface area (Å²) in [5.74, 6) is 2.46. The highest BCUT2D eigenvalue weighted by Crippen LogP contribution is 2.51. The van der Waals surface area contributed by atoms with E-state index in [1.54, 1.807) is 0 Å². The Morgan fingerprint density at radius 3 is 1.61 bits per heavy atom. The van der Waals surface area contributed by atoms with Gasteiger partial charge in [-0.15, -0.1) is 0 Å². The lowest BCUT2D eigenvalue weighted by atomic mass is 9.98. The number of hydrogen-bond donors (Lipinski definition) is 0. The van der Waals surface area contributed by atoms with Crippen LogP contribution in [0.3, 0.4) is 0 Å². The zero-order valence-corrected chi connectivity index (χ0v) is 33.4. The van der Waals surface area contributed by atoms with Gasteiger partial charge in [0.05, 0.1) is 26.3 Å². The van der Waals surface area contributed by atoms with Gasteiger partial charge in [0.25, 0.3) is 0 Å². The van der Waals surface area contributed by atoms with Gasteiger partial charge < -0.3 is 0 Å². The predicted octanol–water partition coefficient (Wildman–Crippen LogP) is 13.1. The van der Waals surface area contributed by atoms with Crippen LogP contribution in [0.15, 0.2) is 220 Å². The summed E-state index contributed by atoms with van der Waals surface area (Å²) in [6.07, 6.45) is 0. The smallest absolute Gasteiger partial charge is 0.238 e. The molecule has 11 aromatic rings. The van der Waals surface area contributed by atoms with Crippen molar-refractivity contribution in [1.82, 2.24) is 24.1 Å². The van der Waals surface area contributed by atoms with Crippen molar-refractivity contribution in [1.29, 1.82) is 0 Å². The van der Waals surface area contributed by atoms with Crippen molar-refractivity contribution in [3.63, 3.8) is 0 Å². The molecule has 12 rings (SSSR count). The van der Waals surface area contributed by atoms with Gasteiger partial charge in [0.15, 0.2) is 17.5 Å². The molecular formula is C53H34N6OS. The summed E-state index contributed by atoms with van der Waals surface area (Å²) in [4.78, 5) is 16.6. The van der Waals surface area contributed by atoms with Crippen molar-refractivity contribution < 1.29 is 4.21 Å². The second-order valence-corrected chi connectivity index (χ2v) is 17.3. The molecule has 0 N–H and O–H groups in total. The number of aromatic nitrogens is 5. The minimum Gasteiger partial charge on any atom is -0.293 e. The van der Waals surface area contributed by atoms with Crippen LogP contribution in [-0.2, 0) is 9.73 Å². The van der Waals surface area contributed by atoms with E-state index in [1.807, 2.05) is 127 Å². The van der Waals surface area contributed by atoms with Gasteiger partial charge in [0.2, 0.25) is 5.95 Å². The first-order valence-electron chi connectivity index (χ1n) is 20.2. The van der Waals surface area contributed by atoms with Crippen LogP contribution in [0.5, 0.6) is 0 Å². The van der Waals surface area contributed by atoms with Gasteiger partial charge in [-0.3, -0.25) is 9.13 Å². The summed E-state index contributed by atoms with van der Waals surface area (Å²) in [5.41, 5.74) is 9.81. The fraction of sp³-hybridized carbons (Fsp3) is 0. The van der Waals surface area contributed by atoms with E-state index in [2.05, 4.69) is 88.0 Å². The zero-order valence-electron chi connectivity index (χ0n) is 32.6. The quantitative estimate of drug-likeness (QED) is 0.168. The van der Waals surface area contributed by atoms with Crippen LogP contribution in [-0.4, -0.2) is 28.3 Å². The van der Waals surface area contributed by atoms with Crippen molar-refractivity contribution in [2.24, 2.45) is 4.36 Å². The van der Waals surface area contributed by atoms with Gasteiger partial charge >= 0.3 is 0 Å². The third-order valence-electron chi connectivity index (χ3n) is 11.6. The molecule has 4 heterocycles. The van der Waals surface area contributed by atoms with Gasteiger partial charge in [-0.2, -0.15) is 14.3 Å². The number of para-hydroxylation sites is 2. The molecule has 1 aliphatic heterocycles. The third-order valence-corrected chi connectivity index (χ3v) is 13.9. The molecule has 7 nitrogen and oxygen atoms in total. The van der Waals surface area contributed by atoms with E-state index >= 15 is 4.21 Å². The van der Waals surface area contributed by atoms with E-state index in [-0.39, 0.29) is 0 Å². The summed E-state index contributed by atoms with van der Waals surface area (Å²) in [5, 5.41) is 3.22. The maximum Gasteiger partial charge on any atom is 0.238 e. The number of rotatable bonds is 6. The number of fused-ring (bicyclic) bond motifs is 8. The van der Waals surface area contributed by atoms with Gasteiger partial charge in [0, 0.05) is 44.1 Å². The molecule has 1 unspecified atom stereocenters. The van der Waals surface area contributed by atoms with E-state index in [1.165, 1.54) is 0 Å². The fourth-order valence-corrected chi connectivity index (χ4v) is 10.9. The average molecular weight is 803 g/mol. The first-order valence-corrected chi connectivity index (χ1v) is 21.7. The lowest BCUT2D eigenvalue weighted by Gasteiger charge is -2.21. The van der Waals surface area contributed by atoms with Crippen molar-refractivity contribution in [3.8, 4) is 56.7 Å². The largest absolute Gasteiger partial charge is 0.293 e. The van der Waals surface area contributed by atoms with Crippen LogP contribution in [0.2, 0.25) is 0 Å². The van der Waals surface area contributed by atoms with Gasteiger partial charge in [0.1, 0.15) is 9.73 Å². The standard InChI is InChI=1S/C53H34N6OS/c60-61(40-23-11-4-12-24-40)48-28-16-14-26-42(48)49-44-34-38(30-32-47(44)58(52(49)57-61)39-21-9-3-10-22-39)37-29-31-46-43(33-37)41-25-13-15-27-45(41)59(46)53-55-50(35-17-5-1-6-18-35)54-51(56-53)36-19-7-2-8-20-36/h1-34H. The molecule has 8 heteroatoms. The van der Waals surface area contributed by atoms with E-state index in [0.29, 0.717) is 28.3 Å². The molecule has 8 aromatic carbocycles. The Morgan fingerprint density at radius 2 is 0.934 bits per heavy atom. The van der Waals surface area contributed by atoms with E-state index in [0.717, 1.165) is 76.7 Å². The van der Waals surface area contributed by atoms with E-state index in [9.17, 15) is 0 Å². The van der Waals surface area contributed by atoms with Crippen molar-refractivity contribution in [2.45, 2.75) is 9.79 Å². The highest BCUT2D eigenvalue weighted by atomic mass is 32.2. The second kappa shape index (κ2) is 13.8. The van der Waals surface area contributed by atoms with Crippen molar-refractivity contribution in [2.75, 3.05) is 0 Å². The average Bonchev–Trinajstić information content (AvgIpc) is 3.84. The molecule has 288 valence electrons. The first kappa shape index (κ1) is 35.0. The normalized spacial score (nSPS) is 14.5. The Kier molecular flexibility index (Phi) is 7.95. The maximum absolute atomic E-state index is 15.3. The van der Waals surface area contributed by atoms with Crippen LogP contribution < -0.4 is 0 Å². The molecule has 1 atom stereocenters. The summed E-state index contributed by atoms with van der Waals surface area (Å²) < 4.78 is 24.8. The van der Waals surface area contributed by atoms with E-state index < -0.39 is 9.73 Å². The third kappa shape index (κ3) is 5.57. The van der Waals surface area contributed by atoms with Gasteiger partial charge in [-0.1, -0.05) is 146 Å². The Balaban J connectivity index is 1.07. The minimum absolute atomic E-state index is 0.552. The highest BCUT2D eigenvalue weighted by Gasteiger charge is 2.32. The molecule has 61 heavy (non-hydrogen) atoms. The number of hydrogen-bond acceptors (Lipinski definition) is 5. The SMILES string of the molecule is O=S1(c2ccccc2)=Nc2c(c3cc(-c4ccc5c(c4)c4ccccc4n5-c4nc(-c5ccccc5)nc(-c5ccccc5)n4)ccc3n2-c2ccccc2)-c2ccccc21. The van der Waals surface area contributed by atoms with Crippen molar-refractivity contribution in [3.05, 3.63) is 206 Å². The van der Waals surface area contributed by atoms with Crippen molar-refractivity contribution >= 4 is 48.3 Å². The van der Waals surface area contributed by atoms with Crippen LogP contribution >= 0.6 is 0 Å².